The highest BCUT2D eigenvalue weighted by Crippen LogP contribution is 2.39. The summed E-state index contributed by atoms with van der Waals surface area (Å²) in [6.07, 6.45) is 3.76. The van der Waals surface area contributed by atoms with Crippen molar-refractivity contribution in [1.29, 1.82) is 10.5 Å². The number of nitro groups is 3. The number of nitriles is 2. The zero-order valence-corrected chi connectivity index (χ0v) is 28.9. The van der Waals surface area contributed by atoms with Gasteiger partial charge in [0.05, 0.1) is 71.8 Å². The number of allylic oxidation sites excluding steroid dienone is 1. The Hall–Kier alpha value is -5.27. The molecule has 1 N–H and O–H groups in total. The Kier molecular flexibility index (Phi) is 18.5. The monoisotopic (exact) mass is 761 g/mol. The Morgan fingerprint density at radius 1 is 0.820 bits per heavy atom. The number of aliphatic hydroxyl groups is 1. The van der Waals surface area contributed by atoms with Gasteiger partial charge in [-0.15, -0.1) is 0 Å². The average molecular weight is 763 g/mol. The topological polar surface area (TPSA) is 253 Å². The van der Waals surface area contributed by atoms with Gasteiger partial charge in [0.15, 0.2) is 12.4 Å². The summed E-state index contributed by atoms with van der Waals surface area (Å²) in [5, 5.41) is 57.6. The lowest BCUT2D eigenvalue weighted by molar-refractivity contribution is -0.535. The van der Waals surface area contributed by atoms with E-state index in [1.165, 1.54) is 51.7 Å². The van der Waals surface area contributed by atoms with Gasteiger partial charge >= 0.3 is 16.4 Å². The van der Waals surface area contributed by atoms with Gasteiger partial charge in [-0.05, 0) is 24.1 Å². The van der Waals surface area contributed by atoms with E-state index in [1.807, 2.05) is 6.07 Å². The standard InChI is InChI=1S/C11H11ClN2O4.C9H7ClN2O4.C9H12ClNO5/c1-17-11-7-10(18-5-3-2-4-13)8(12)6-9(11)14(15)16;1-15-9-5-8(16-3-2-11)6(10)4-7(9)12(13)14;1-15-8-6-7(16-5-4-12)2-3-9(8,10)11(13)14/h6-7H,2-3,5H2,1H3;4-5H,3H2,1H3;2,6,12H,3-5H2,1H3. The van der Waals surface area contributed by atoms with Crippen molar-refractivity contribution in [3.63, 3.8) is 0 Å². The van der Waals surface area contributed by atoms with Crippen molar-refractivity contribution in [2.24, 2.45) is 0 Å². The number of halogens is 3. The SMILES string of the molecule is COC1=CC(OCCO)=CCC1(Cl)[N+](=O)[O-].COc1cc(OCC#N)c(Cl)cc1[N+](=O)[O-].COc1cc(OCCCC#N)c(Cl)cc1[N+](=O)[O-]. The van der Waals surface area contributed by atoms with E-state index in [1.54, 1.807) is 6.07 Å². The van der Waals surface area contributed by atoms with Gasteiger partial charge in [-0.2, -0.15) is 10.5 Å². The van der Waals surface area contributed by atoms with Crippen LogP contribution in [0.4, 0.5) is 11.4 Å². The highest BCUT2D eigenvalue weighted by atomic mass is 35.5. The quantitative estimate of drug-likeness (QED) is 0.0705. The van der Waals surface area contributed by atoms with E-state index in [2.05, 4.69) is 0 Å². The summed E-state index contributed by atoms with van der Waals surface area (Å²) >= 11 is 17.4. The van der Waals surface area contributed by atoms with Gasteiger partial charge in [0.2, 0.25) is 11.5 Å². The molecule has 3 rings (SSSR count). The Balaban J connectivity index is 0.000000376. The van der Waals surface area contributed by atoms with E-state index in [4.69, 9.17) is 78.9 Å². The molecule has 0 aromatic heterocycles. The number of methoxy groups -OCH3 is 3. The van der Waals surface area contributed by atoms with E-state index >= 15 is 0 Å². The van der Waals surface area contributed by atoms with Crippen LogP contribution in [0.2, 0.25) is 10.0 Å². The largest absolute Gasteiger partial charge is 0.492 e. The summed E-state index contributed by atoms with van der Waals surface area (Å²) in [5.41, 5.74) is -0.469. The lowest BCUT2D eigenvalue weighted by Crippen LogP contribution is -2.36. The van der Waals surface area contributed by atoms with Gasteiger partial charge in [-0.3, -0.25) is 30.3 Å². The summed E-state index contributed by atoms with van der Waals surface area (Å²) in [7, 11) is 3.93. The summed E-state index contributed by atoms with van der Waals surface area (Å²) in [6.45, 7) is 0.108. The molecule has 21 heteroatoms. The molecule has 0 saturated carbocycles. The smallest absolute Gasteiger partial charge is 0.354 e. The van der Waals surface area contributed by atoms with Gasteiger partial charge < -0.3 is 33.5 Å². The molecule has 2 aromatic rings. The maximum Gasteiger partial charge on any atom is 0.354 e. The highest BCUT2D eigenvalue weighted by molar-refractivity contribution is 6.32. The van der Waals surface area contributed by atoms with Gasteiger partial charge in [-0.25, -0.2) is 0 Å². The Morgan fingerprint density at radius 3 is 1.78 bits per heavy atom. The van der Waals surface area contributed by atoms with E-state index in [0.29, 0.717) is 31.0 Å². The number of ether oxygens (including phenoxy) is 6. The molecular weight excluding hydrogens is 733 g/mol. The molecule has 1 atom stereocenters. The summed E-state index contributed by atoms with van der Waals surface area (Å²) in [4.78, 5) is 28.6. The van der Waals surface area contributed by atoms with E-state index in [-0.39, 0.29) is 70.7 Å². The molecule has 50 heavy (non-hydrogen) atoms. The molecule has 0 amide bonds. The zero-order chi connectivity index (χ0) is 37.9. The third-order valence-electron chi connectivity index (χ3n) is 5.94. The molecule has 18 nitrogen and oxygen atoms in total. The van der Waals surface area contributed by atoms with Gasteiger partial charge in [0.25, 0.3) is 0 Å². The van der Waals surface area contributed by atoms with Crippen LogP contribution in [0.3, 0.4) is 0 Å². The summed E-state index contributed by atoms with van der Waals surface area (Å²) in [6, 6.07) is 8.69. The number of nitrogens with zero attached hydrogens (tertiary/aromatic N) is 5. The van der Waals surface area contributed by atoms with Crippen LogP contribution in [0.5, 0.6) is 23.0 Å². The number of alkyl halides is 1. The molecule has 270 valence electrons. The first-order valence-electron chi connectivity index (χ1n) is 13.8. The minimum absolute atomic E-state index is 0.0228. The molecule has 0 radical (unpaired) electrons. The van der Waals surface area contributed by atoms with Crippen LogP contribution in [0.1, 0.15) is 19.3 Å². The second-order valence-electron chi connectivity index (χ2n) is 9.09. The fraction of sp³-hybridized carbons (Fsp3) is 0.379. The number of aliphatic hydroxyl groups excluding tert-OH is 1. The first-order chi connectivity index (χ1) is 23.7. The van der Waals surface area contributed by atoms with Crippen molar-refractivity contribution in [2.75, 3.05) is 47.8 Å². The third-order valence-corrected chi connectivity index (χ3v) is 7.01. The second-order valence-corrected chi connectivity index (χ2v) is 10.5. The molecule has 0 saturated heterocycles. The molecule has 0 spiro atoms. The van der Waals surface area contributed by atoms with Crippen molar-refractivity contribution >= 4 is 46.2 Å². The number of unbranched alkanes of at least 4 members (excludes halogenated alkanes) is 1. The van der Waals surface area contributed by atoms with E-state index in [0.717, 1.165) is 6.07 Å². The first-order valence-corrected chi connectivity index (χ1v) is 14.9. The van der Waals surface area contributed by atoms with Crippen LogP contribution in [0.25, 0.3) is 0 Å². The van der Waals surface area contributed by atoms with Crippen LogP contribution < -0.4 is 18.9 Å². The fourth-order valence-corrected chi connectivity index (χ4v) is 4.24. The van der Waals surface area contributed by atoms with Crippen molar-refractivity contribution in [2.45, 2.75) is 24.3 Å². The molecule has 0 fully saturated rings. The highest BCUT2D eigenvalue weighted by Gasteiger charge is 2.47. The molecule has 0 heterocycles. The number of rotatable bonds is 15. The number of benzene rings is 2. The van der Waals surface area contributed by atoms with Gasteiger partial charge in [0, 0.05) is 36.8 Å². The predicted molar refractivity (Wildman–Crippen MR) is 177 cm³/mol. The van der Waals surface area contributed by atoms with Crippen LogP contribution >= 0.6 is 34.8 Å². The van der Waals surface area contributed by atoms with E-state index in [9.17, 15) is 30.3 Å². The van der Waals surface area contributed by atoms with Crippen molar-refractivity contribution in [3.05, 3.63) is 88.3 Å². The van der Waals surface area contributed by atoms with Gasteiger partial charge in [0.1, 0.15) is 29.9 Å². The fourth-order valence-electron chi connectivity index (χ4n) is 3.60. The average Bonchev–Trinajstić information content (AvgIpc) is 3.09. The normalized spacial score (nSPS) is 14.3. The third kappa shape index (κ3) is 12.6. The molecule has 1 unspecified atom stereocenters. The van der Waals surface area contributed by atoms with Crippen LogP contribution in [-0.2, 0) is 9.47 Å². The van der Waals surface area contributed by atoms with Crippen LogP contribution in [-0.4, -0.2) is 72.6 Å². The van der Waals surface area contributed by atoms with Crippen molar-refractivity contribution in [3.8, 4) is 35.1 Å². The number of hydrogen-bond donors (Lipinski definition) is 1. The first kappa shape index (κ1) is 42.8. The molecule has 2 aromatic carbocycles. The Morgan fingerprint density at radius 2 is 1.36 bits per heavy atom. The molecule has 0 bridgehead atoms. The van der Waals surface area contributed by atoms with Crippen molar-refractivity contribution < 1.29 is 48.3 Å². The number of nitro benzene ring substituents is 2. The summed E-state index contributed by atoms with van der Waals surface area (Å²) < 4.78 is 30.0. The van der Waals surface area contributed by atoms with Crippen LogP contribution in [0, 0.1) is 53.0 Å². The van der Waals surface area contributed by atoms with Crippen molar-refractivity contribution in [1.82, 2.24) is 0 Å². The maximum absolute atomic E-state index is 10.8. The van der Waals surface area contributed by atoms with Crippen LogP contribution in [0.15, 0.2) is 47.9 Å². The Labute approximate surface area is 299 Å². The number of hydrogen-bond acceptors (Lipinski definition) is 15. The molecular formula is C29H30Cl3N5O13. The zero-order valence-electron chi connectivity index (χ0n) is 26.6. The predicted octanol–water partition coefficient (Wildman–Crippen LogP) is 6.12. The molecule has 0 aliphatic heterocycles. The minimum atomic E-state index is -1.76. The van der Waals surface area contributed by atoms with E-state index < -0.39 is 19.8 Å². The Bertz CT molecular complexity index is 1660. The minimum Gasteiger partial charge on any atom is -0.492 e. The molecule has 1 aliphatic rings. The molecule has 1 aliphatic carbocycles. The summed E-state index contributed by atoms with van der Waals surface area (Å²) in [5.74, 6) is 1.02. The lowest BCUT2D eigenvalue weighted by Gasteiger charge is -2.23. The van der Waals surface area contributed by atoms with Gasteiger partial charge in [-0.1, -0.05) is 23.2 Å². The maximum atomic E-state index is 10.8. The lowest BCUT2D eigenvalue weighted by atomic mass is 10.1. The second kappa shape index (κ2) is 21.6.